The van der Waals surface area contributed by atoms with E-state index in [1.807, 2.05) is 0 Å². The summed E-state index contributed by atoms with van der Waals surface area (Å²) in [6.45, 7) is 6.18. The molecular formula is C7H15NO. The minimum atomic E-state index is 0.644. The van der Waals surface area contributed by atoms with Gasteiger partial charge in [-0.1, -0.05) is 13.8 Å². The summed E-state index contributed by atoms with van der Waals surface area (Å²) in [5, 5.41) is 0. The Bertz CT molecular complexity index is 92.9. The van der Waals surface area contributed by atoms with E-state index in [1.54, 1.807) is 0 Å². The fourth-order valence-electron chi connectivity index (χ4n) is 1.24. The van der Waals surface area contributed by atoms with E-state index in [4.69, 9.17) is 4.74 Å². The van der Waals surface area contributed by atoms with Crippen molar-refractivity contribution in [2.24, 2.45) is 5.92 Å². The van der Waals surface area contributed by atoms with Gasteiger partial charge in [0.05, 0.1) is 13.3 Å². The molecule has 1 heterocycles. The molecule has 0 spiro atoms. The molecule has 54 valence electrons. The van der Waals surface area contributed by atoms with E-state index in [-0.39, 0.29) is 0 Å². The number of nitrogens with zero attached hydrogens (tertiary/aromatic N) is 1. The monoisotopic (exact) mass is 129 g/mol. The van der Waals surface area contributed by atoms with E-state index < -0.39 is 0 Å². The van der Waals surface area contributed by atoms with Crippen LogP contribution >= 0.6 is 0 Å². The van der Waals surface area contributed by atoms with Crippen molar-refractivity contribution in [3.05, 3.63) is 0 Å². The maximum atomic E-state index is 5.26. The normalized spacial score (nSPS) is 30.0. The summed E-state index contributed by atoms with van der Waals surface area (Å²) in [6.07, 6.45) is 0. The highest BCUT2D eigenvalue weighted by molar-refractivity contribution is 4.73. The maximum absolute atomic E-state index is 5.26. The van der Waals surface area contributed by atoms with Crippen LogP contribution in [-0.4, -0.2) is 31.3 Å². The molecule has 0 aromatic carbocycles. The Balaban J connectivity index is 2.40. The SMILES string of the molecule is CC(C)C1COCN1C. The van der Waals surface area contributed by atoms with Gasteiger partial charge in [0.25, 0.3) is 0 Å². The van der Waals surface area contributed by atoms with Crippen molar-refractivity contribution >= 4 is 0 Å². The van der Waals surface area contributed by atoms with Crippen LogP contribution in [0.2, 0.25) is 0 Å². The lowest BCUT2D eigenvalue weighted by atomic mass is 10.1. The van der Waals surface area contributed by atoms with E-state index in [2.05, 4.69) is 25.8 Å². The molecule has 2 nitrogen and oxygen atoms in total. The lowest BCUT2D eigenvalue weighted by molar-refractivity contribution is 0.153. The Labute approximate surface area is 56.8 Å². The summed E-state index contributed by atoms with van der Waals surface area (Å²) >= 11 is 0. The van der Waals surface area contributed by atoms with Gasteiger partial charge in [-0.2, -0.15) is 0 Å². The predicted octanol–water partition coefficient (Wildman–Crippen LogP) is 0.930. The highest BCUT2D eigenvalue weighted by Gasteiger charge is 2.23. The second kappa shape index (κ2) is 2.67. The number of rotatable bonds is 1. The van der Waals surface area contributed by atoms with Gasteiger partial charge in [-0.25, -0.2) is 0 Å². The van der Waals surface area contributed by atoms with E-state index in [0.29, 0.717) is 6.04 Å². The molecule has 2 heteroatoms. The third-order valence-electron chi connectivity index (χ3n) is 1.92. The lowest BCUT2D eigenvalue weighted by Crippen LogP contribution is -2.31. The number of ether oxygens (including phenoxy) is 1. The van der Waals surface area contributed by atoms with Crippen molar-refractivity contribution in [1.82, 2.24) is 4.90 Å². The second-order valence-electron chi connectivity index (χ2n) is 3.07. The minimum Gasteiger partial charge on any atom is -0.364 e. The van der Waals surface area contributed by atoms with Gasteiger partial charge in [-0.3, -0.25) is 4.90 Å². The lowest BCUT2D eigenvalue weighted by Gasteiger charge is -2.19. The fraction of sp³-hybridized carbons (Fsp3) is 1.00. The summed E-state index contributed by atoms with van der Waals surface area (Å²) < 4.78 is 5.26. The summed E-state index contributed by atoms with van der Waals surface area (Å²) in [6, 6.07) is 0.644. The van der Waals surface area contributed by atoms with Gasteiger partial charge in [-0.05, 0) is 13.0 Å². The molecule has 9 heavy (non-hydrogen) atoms. The number of hydrogen-bond acceptors (Lipinski definition) is 2. The summed E-state index contributed by atoms with van der Waals surface area (Å²) in [5.41, 5.74) is 0. The molecule has 0 aromatic heterocycles. The molecule has 0 amide bonds. The van der Waals surface area contributed by atoms with Crippen molar-refractivity contribution in [2.45, 2.75) is 19.9 Å². The molecule has 1 fully saturated rings. The molecule has 1 saturated heterocycles. The molecule has 1 aliphatic rings. The molecule has 0 aromatic rings. The van der Waals surface area contributed by atoms with Gasteiger partial charge >= 0.3 is 0 Å². The standard InChI is InChI=1S/C7H15NO/c1-6(2)7-4-9-5-8(7)3/h6-7H,4-5H2,1-3H3. The van der Waals surface area contributed by atoms with Crippen LogP contribution in [0, 0.1) is 5.92 Å². The van der Waals surface area contributed by atoms with Crippen LogP contribution < -0.4 is 0 Å². The van der Waals surface area contributed by atoms with Gasteiger partial charge in [-0.15, -0.1) is 0 Å². The van der Waals surface area contributed by atoms with Crippen LogP contribution in [0.1, 0.15) is 13.8 Å². The highest BCUT2D eigenvalue weighted by Crippen LogP contribution is 2.14. The Morgan fingerprint density at radius 1 is 1.56 bits per heavy atom. The molecule has 1 rings (SSSR count). The van der Waals surface area contributed by atoms with Crippen molar-refractivity contribution in [3.8, 4) is 0 Å². The third-order valence-corrected chi connectivity index (χ3v) is 1.92. The molecule has 0 N–H and O–H groups in total. The van der Waals surface area contributed by atoms with Crippen LogP contribution in [0.3, 0.4) is 0 Å². The Morgan fingerprint density at radius 2 is 2.22 bits per heavy atom. The maximum Gasteiger partial charge on any atom is 0.0991 e. The largest absolute Gasteiger partial charge is 0.364 e. The van der Waals surface area contributed by atoms with Gasteiger partial charge in [0.2, 0.25) is 0 Å². The predicted molar refractivity (Wildman–Crippen MR) is 37.2 cm³/mol. The first-order chi connectivity index (χ1) is 4.22. The Kier molecular flexibility index (Phi) is 2.09. The highest BCUT2D eigenvalue weighted by atomic mass is 16.5. The summed E-state index contributed by atoms with van der Waals surface area (Å²) in [4.78, 5) is 2.25. The number of hydrogen-bond donors (Lipinski definition) is 0. The second-order valence-corrected chi connectivity index (χ2v) is 3.07. The van der Waals surface area contributed by atoms with Crippen molar-refractivity contribution < 1.29 is 4.74 Å². The topological polar surface area (TPSA) is 12.5 Å². The molecule has 0 radical (unpaired) electrons. The average molecular weight is 129 g/mol. The average Bonchev–Trinajstić information content (AvgIpc) is 2.13. The zero-order valence-electron chi connectivity index (χ0n) is 6.42. The smallest absolute Gasteiger partial charge is 0.0991 e. The first-order valence-electron chi connectivity index (χ1n) is 3.50. The van der Waals surface area contributed by atoms with Gasteiger partial charge in [0.15, 0.2) is 0 Å². The van der Waals surface area contributed by atoms with Crippen molar-refractivity contribution in [3.63, 3.8) is 0 Å². The molecule has 1 atom stereocenters. The van der Waals surface area contributed by atoms with E-state index in [9.17, 15) is 0 Å². The molecule has 0 saturated carbocycles. The molecule has 1 unspecified atom stereocenters. The van der Waals surface area contributed by atoms with Crippen LogP contribution in [0.4, 0.5) is 0 Å². The van der Waals surface area contributed by atoms with Crippen LogP contribution in [0.5, 0.6) is 0 Å². The molecule has 1 aliphatic heterocycles. The van der Waals surface area contributed by atoms with Crippen LogP contribution in [-0.2, 0) is 4.74 Å². The fourth-order valence-corrected chi connectivity index (χ4v) is 1.24. The van der Waals surface area contributed by atoms with Crippen LogP contribution in [0.15, 0.2) is 0 Å². The summed E-state index contributed by atoms with van der Waals surface area (Å²) in [5.74, 6) is 0.720. The third kappa shape index (κ3) is 1.43. The first-order valence-corrected chi connectivity index (χ1v) is 3.50. The Morgan fingerprint density at radius 3 is 2.44 bits per heavy atom. The van der Waals surface area contributed by atoms with Gasteiger partial charge in [0.1, 0.15) is 0 Å². The van der Waals surface area contributed by atoms with Crippen LogP contribution in [0.25, 0.3) is 0 Å². The van der Waals surface area contributed by atoms with Gasteiger partial charge < -0.3 is 4.74 Å². The van der Waals surface area contributed by atoms with Gasteiger partial charge in [0, 0.05) is 6.04 Å². The quantitative estimate of drug-likeness (QED) is 0.522. The minimum absolute atomic E-state index is 0.644. The van der Waals surface area contributed by atoms with Crippen molar-refractivity contribution in [2.75, 3.05) is 20.4 Å². The van der Waals surface area contributed by atoms with E-state index in [0.717, 1.165) is 19.3 Å². The summed E-state index contributed by atoms with van der Waals surface area (Å²) in [7, 11) is 2.11. The zero-order chi connectivity index (χ0) is 6.85. The van der Waals surface area contributed by atoms with Crippen molar-refractivity contribution in [1.29, 1.82) is 0 Å². The molecular weight excluding hydrogens is 114 g/mol. The van der Waals surface area contributed by atoms with E-state index in [1.165, 1.54) is 0 Å². The number of likely N-dealkylation sites (N-methyl/N-ethyl adjacent to an activating group) is 1. The molecule has 0 aliphatic carbocycles. The Hall–Kier alpha value is -0.0800. The zero-order valence-corrected chi connectivity index (χ0v) is 6.42. The molecule has 0 bridgehead atoms. The van der Waals surface area contributed by atoms with E-state index >= 15 is 0 Å². The first kappa shape index (κ1) is 7.03.